The molecular weight excluding hydrogens is 160 g/mol. The molecule has 2 heterocycles. The zero-order chi connectivity index (χ0) is 9.53. The Morgan fingerprint density at radius 3 is 1.92 bits per heavy atom. The topological polar surface area (TPSA) is 15.3 Å². The van der Waals surface area contributed by atoms with Crippen LogP contribution in [0.1, 0.15) is 40.0 Å². The number of rotatable bonds is 0. The smallest absolute Gasteiger partial charge is 0.0217 e. The molecule has 0 radical (unpaired) electrons. The van der Waals surface area contributed by atoms with E-state index in [0.717, 1.165) is 0 Å². The molecule has 0 atom stereocenters. The van der Waals surface area contributed by atoms with E-state index in [1.54, 1.807) is 0 Å². The van der Waals surface area contributed by atoms with Gasteiger partial charge in [0.25, 0.3) is 0 Å². The summed E-state index contributed by atoms with van der Waals surface area (Å²) in [5, 5.41) is 3.61. The molecule has 1 N–H and O–H groups in total. The van der Waals surface area contributed by atoms with E-state index in [0.29, 0.717) is 11.1 Å². The van der Waals surface area contributed by atoms with Crippen molar-refractivity contribution in [3.05, 3.63) is 0 Å². The van der Waals surface area contributed by atoms with E-state index in [-0.39, 0.29) is 0 Å². The van der Waals surface area contributed by atoms with Crippen LogP contribution in [0.25, 0.3) is 0 Å². The number of nitrogens with one attached hydrogen (secondary N) is 1. The van der Waals surface area contributed by atoms with Crippen LogP contribution in [0, 0.1) is 0 Å². The molecule has 2 saturated heterocycles. The van der Waals surface area contributed by atoms with Gasteiger partial charge in [0.1, 0.15) is 0 Å². The second kappa shape index (κ2) is 2.96. The Hall–Kier alpha value is -0.0800. The van der Waals surface area contributed by atoms with Crippen molar-refractivity contribution in [2.75, 3.05) is 19.6 Å². The van der Waals surface area contributed by atoms with Crippen LogP contribution in [0.3, 0.4) is 0 Å². The van der Waals surface area contributed by atoms with Crippen LogP contribution in [0.15, 0.2) is 0 Å². The highest BCUT2D eigenvalue weighted by molar-refractivity contribution is 5.01. The molecule has 76 valence electrons. The van der Waals surface area contributed by atoms with Crippen molar-refractivity contribution in [1.29, 1.82) is 0 Å². The summed E-state index contributed by atoms with van der Waals surface area (Å²) in [6.07, 6.45) is 4.11. The molecule has 0 aromatic rings. The second-order valence-corrected chi connectivity index (χ2v) is 5.61. The molecule has 13 heavy (non-hydrogen) atoms. The maximum Gasteiger partial charge on any atom is 0.0217 e. The molecule has 2 heteroatoms. The quantitative estimate of drug-likeness (QED) is 0.612. The zero-order valence-electron chi connectivity index (χ0n) is 9.19. The predicted octanol–water partition coefficient (Wildman–Crippen LogP) is 1.61. The van der Waals surface area contributed by atoms with Crippen LogP contribution in [-0.4, -0.2) is 35.6 Å². The molecule has 0 bridgehead atoms. The normalized spacial score (nSPS) is 28.8. The van der Waals surface area contributed by atoms with Crippen LogP contribution in [-0.2, 0) is 0 Å². The van der Waals surface area contributed by atoms with Crippen LogP contribution in [0.5, 0.6) is 0 Å². The number of nitrogens with zero attached hydrogens (tertiary/aromatic N) is 1. The summed E-state index contributed by atoms with van der Waals surface area (Å²) in [6.45, 7) is 10.8. The van der Waals surface area contributed by atoms with Gasteiger partial charge in [0.15, 0.2) is 0 Å². The molecular formula is C11H22N2. The SMILES string of the molecule is CC(C)(C)N1CCC2(CCN2)CC1. The summed E-state index contributed by atoms with van der Waals surface area (Å²) >= 11 is 0. The minimum absolute atomic E-state index is 0.366. The number of piperidine rings is 1. The molecule has 1 spiro atoms. The molecule has 2 fully saturated rings. The van der Waals surface area contributed by atoms with Crippen molar-refractivity contribution in [3.8, 4) is 0 Å². The molecule has 2 rings (SSSR count). The third kappa shape index (κ3) is 1.75. The summed E-state index contributed by atoms with van der Waals surface area (Å²) in [4.78, 5) is 2.61. The molecule has 2 aliphatic rings. The highest BCUT2D eigenvalue weighted by Gasteiger charge is 2.40. The Balaban J connectivity index is 1.89. The Morgan fingerprint density at radius 1 is 1.08 bits per heavy atom. The fourth-order valence-electron chi connectivity index (χ4n) is 2.51. The standard InChI is InChI=1S/C11H22N2/c1-10(2,3)13-8-5-11(6-9-13)4-7-12-11/h12H,4-9H2,1-3H3. The minimum atomic E-state index is 0.366. The summed E-state index contributed by atoms with van der Waals surface area (Å²) in [5.41, 5.74) is 0.924. The van der Waals surface area contributed by atoms with Crippen LogP contribution < -0.4 is 5.32 Å². The van der Waals surface area contributed by atoms with Gasteiger partial charge in [-0.1, -0.05) is 0 Å². The van der Waals surface area contributed by atoms with Gasteiger partial charge in [0.2, 0.25) is 0 Å². The first kappa shape index (κ1) is 9.47. The van der Waals surface area contributed by atoms with Crippen molar-refractivity contribution in [3.63, 3.8) is 0 Å². The number of hydrogen-bond donors (Lipinski definition) is 1. The van der Waals surface area contributed by atoms with Gasteiger partial charge in [-0.15, -0.1) is 0 Å². The maximum atomic E-state index is 3.61. The molecule has 0 unspecified atom stereocenters. The predicted molar refractivity (Wildman–Crippen MR) is 55.9 cm³/mol. The summed E-state index contributed by atoms with van der Waals surface area (Å²) in [7, 11) is 0. The third-order valence-electron chi connectivity index (χ3n) is 3.77. The number of likely N-dealkylation sites (tertiary alicyclic amines) is 1. The van der Waals surface area contributed by atoms with Crippen molar-refractivity contribution in [1.82, 2.24) is 10.2 Å². The summed E-state index contributed by atoms with van der Waals surface area (Å²) < 4.78 is 0. The lowest BCUT2D eigenvalue weighted by atomic mass is 9.78. The van der Waals surface area contributed by atoms with E-state index in [4.69, 9.17) is 0 Å². The molecule has 0 aliphatic carbocycles. The Bertz CT molecular complexity index is 179. The Kier molecular flexibility index (Phi) is 2.16. The zero-order valence-corrected chi connectivity index (χ0v) is 9.19. The van der Waals surface area contributed by atoms with Gasteiger partial charge in [0.05, 0.1) is 0 Å². The van der Waals surface area contributed by atoms with E-state index in [1.807, 2.05) is 0 Å². The average molecular weight is 182 g/mol. The van der Waals surface area contributed by atoms with E-state index in [2.05, 4.69) is 31.0 Å². The molecule has 0 saturated carbocycles. The maximum absolute atomic E-state index is 3.61. The summed E-state index contributed by atoms with van der Waals surface area (Å²) in [6, 6.07) is 0. The van der Waals surface area contributed by atoms with Crippen LogP contribution >= 0.6 is 0 Å². The Morgan fingerprint density at radius 2 is 1.62 bits per heavy atom. The molecule has 0 amide bonds. The van der Waals surface area contributed by atoms with Crippen LogP contribution in [0.4, 0.5) is 0 Å². The van der Waals surface area contributed by atoms with E-state index < -0.39 is 0 Å². The summed E-state index contributed by atoms with van der Waals surface area (Å²) in [5.74, 6) is 0. The van der Waals surface area contributed by atoms with Crippen molar-refractivity contribution >= 4 is 0 Å². The van der Waals surface area contributed by atoms with Crippen molar-refractivity contribution in [2.45, 2.75) is 51.1 Å². The first-order valence-electron chi connectivity index (χ1n) is 5.52. The Labute approximate surface area is 81.7 Å². The lowest BCUT2D eigenvalue weighted by Gasteiger charge is -2.51. The van der Waals surface area contributed by atoms with Gasteiger partial charge in [-0.2, -0.15) is 0 Å². The average Bonchev–Trinajstić information content (AvgIpc) is 2.00. The minimum Gasteiger partial charge on any atom is -0.311 e. The highest BCUT2D eigenvalue weighted by atomic mass is 15.2. The van der Waals surface area contributed by atoms with Gasteiger partial charge in [0, 0.05) is 24.2 Å². The van der Waals surface area contributed by atoms with Gasteiger partial charge < -0.3 is 5.32 Å². The highest BCUT2D eigenvalue weighted by Crippen LogP contribution is 2.33. The third-order valence-corrected chi connectivity index (χ3v) is 3.77. The van der Waals surface area contributed by atoms with Gasteiger partial charge in [-0.05, 0) is 46.6 Å². The van der Waals surface area contributed by atoms with Crippen molar-refractivity contribution in [2.24, 2.45) is 0 Å². The second-order valence-electron chi connectivity index (χ2n) is 5.61. The van der Waals surface area contributed by atoms with E-state index >= 15 is 0 Å². The fourth-order valence-corrected chi connectivity index (χ4v) is 2.51. The van der Waals surface area contributed by atoms with E-state index in [9.17, 15) is 0 Å². The monoisotopic (exact) mass is 182 g/mol. The molecule has 0 aromatic heterocycles. The molecule has 2 aliphatic heterocycles. The van der Waals surface area contributed by atoms with Gasteiger partial charge in [-0.3, -0.25) is 4.90 Å². The lowest BCUT2D eigenvalue weighted by Crippen LogP contribution is -2.63. The molecule has 0 aromatic carbocycles. The van der Waals surface area contributed by atoms with Gasteiger partial charge >= 0.3 is 0 Å². The molecule has 2 nitrogen and oxygen atoms in total. The number of hydrogen-bond acceptors (Lipinski definition) is 2. The van der Waals surface area contributed by atoms with E-state index in [1.165, 1.54) is 38.9 Å². The first-order chi connectivity index (χ1) is 6.02. The van der Waals surface area contributed by atoms with Crippen molar-refractivity contribution < 1.29 is 0 Å². The fraction of sp³-hybridized carbons (Fsp3) is 1.00. The first-order valence-corrected chi connectivity index (χ1v) is 5.52. The van der Waals surface area contributed by atoms with Crippen LogP contribution in [0.2, 0.25) is 0 Å². The lowest BCUT2D eigenvalue weighted by molar-refractivity contribution is 0.0355. The van der Waals surface area contributed by atoms with Gasteiger partial charge in [-0.25, -0.2) is 0 Å². The largest absolute Gasteiger partial charge is 0.311 e.